The van der Waals surface area contributed by atoms with Crippen molar-refractivity contribution >= 4 is 35.8 Å². The van der Waals surface area contributed by atoms with Crippen LogP contribution in [-0.4, -0.2) is 83.1 Å². The molecule has 3 aromatic carbocycles. The summed E-state index contributed by atoms with van der Waals surface area (Å²) in [4.78, 5) is 75.4. The van der Waals surface area contributed by atoms with Crippen LogP contribution in [0, 0.1) is 17.2 Å². The van der Waals surface area contributed by atoms with Crippen molar-refractivity contribution in [3.8, 4) is 28.0 Å². The average Bonchev–Trinajstić information content (AvgIpc) is 3.38. The van der Waals surface area contributed by atoms with Crippen molar-refractivity contribution in [2.75, 3.05) is 47.3 Å². The Balaban J connectivity index is 1.70. The number of carbonyl (C=O) groups excluding carboxylic acids is 6. The van der Waals surface area contributed by atoms with Gasteiger partial charge in [-0.1, -0.05) is 102 Å². The van der Waals surface area contributed by atoms with Crippen molar-refractivity contribution in [3.63, 3.8) is 0 Å². The van der Waals surface area contributed by atoms with Crippen LogP contribution in [0.1, 0.15) is 121 Å². The fourth-order valence-corrected chi connectivity index (χ4v) is 8.56. The van der Waals surface area contributed by atoms with E-state index in [1.54, 1.807) is 19.1 Å². The van der Waals surface area contributed by atoms with E-state index in [-0.39, 0.29) is 34.7 Å². The van der Waals surface area contributed by atoms with E-state index in [0.717, 1.165) is 60.8 Å². The van der Waals surface area contributed by atoms with Gasteiger partial charge in [-0.05, 0) is 122 Å². The van der Waals surface area contributed by atoms with Crippen molar-refractivity contribution in [3.05, 3.63) is 126 Å². The lowest BCUT2D eigenvalue weighted by Gasteiger charge is -2.32. The van der Waals surface area contributed by atoms with E-state index in [9.17, 15) is 28.8 Å². The van der Waals surface area contributed by atoms with Crippen LogP contribution in [0.5, 0.6) is 5.75 Å². The molecule has 14 heteroatoms. The van der Waals surface area contributed by atoms with Gasteiger partial charge in [0.1, 0.15) is 43.4 Å². The van der Waals surface area contributed by atoms with Gasteiger partial charge < -0.3 is 33.2 Å². The molecule has 1 saturated carbocycles. The number of hydrogen-bond donors (Lipinski definition) is 0. The van der Waals surface area contributed by atoms with Crippen LogP contribution < -0.4 is 4.74 Å². The van der Waals surface area contributed by atoms with E-state index < -0.39 is 80.5 Å². The smallest absolute Gasteiger partial charge is 0.334 e. The highest BCUT2D eigenvalue weighted by atomic mass is 19.1. The maximum Gasteiger partial charge on any atom is 0.334 e. The van der Waals surface area contributed by atoms with E-state index in [1.807, 2.05) is 43.3 Å². The molecule has 0 heterocycles. The fourth-order valence-electron chi connectivity index (χ4n) is 8.56. The molecular weight excluding hydrogens is 936 g/mol. The summed E-state index contributed by atoms with van der Waals surface area (Å²) in [6, 6.07) is 17.1. The maximum atomic E-state index is 16.0. The van der Waals surface area contributed by atoms with Crippen LogP contribution >= 0.6 is 0 Å². The predicted octanol–water partition coefficient (Wildman–Crippen LogP) is 11.4. The van der Waals surface area contributed by atoms with Crippen molar-refractivity contribution < 1.29 is 66.3 Å². The number of rotatable bonds is 29. The molecule has 0 radical (unpaired) electrons. The summed E-state index contributed by atoms with van der Waals surface area (Å²) in [6.45, 7) is 19.8. The summed E-state index contributed by atoms with van der Waals surface area (Å²) in [5.74, 6) is -3.57. The minimum absolute atomic E-state index is 0.0510. The van der Waals surface area contributed by atoms with Crippen LogP contribution in [0.3, 0.4) is 0 Å². The minimum Gasteiger partial charge on any atom is -0.492 e. The standard InChI is InChI=1S/C59H73FO13/c1-11-13-14-16-42-18-20-44(21-19-42)45-22-26-50(51(60)33-45)47-23-25-49(43(12-2)31-47)46-24-27-52(48(32-46)17-15-28-69-55(63)38(3)4)70-34-59(35-71-56(64)39(5)6,36-72-57(65)40(7)29-53(61)67-9)37-73-58(66)41(8)30-54(62)68-10/h22-27,31-33,42,44H,3,5,7-8,11-21,28-30,34-37H2,1-2,4,6,9-10H3. The number of methoxy groups -OCH3 is 2. The Morgan fingerprint density at radius 3 is 1.70 bits per heavy atom. The van der Waals surface area contributed by atoms with Gasteiger partial charge in [-0.3, -0.25) is 9.59 Å². The molecule has 73 heavy (non-hydrogen) atoms. The number of benzene rings is 3. The summed E-state index contributed by atoms with van der Waals surface area (Å²) < 4.78 is 54.1. The second kappa shape index (κ2) is 29.0. The zero-order valence-electron chi connectivity index (χ0n) is 43.6. The molecule has 3 aromatic rings. The highest BCUT2D eigenvalue weighted by Gasteiger charge is 2.38. The van der Waals surface area contributed by atoms with Gasteiger partial charge in [-0.2, -0.15) is 0 Å². The lowest BCUT2D eigenvalue weighted by molar-refractivity contribution is -0.161. The van der Waals surface area contributed by atoms with Gasteiger partial charge >= 0.3 is 35.8 Å². The number of hydrogen-bond acceptors (Lipinski definition) is 13. The average molecular weight is 1010 g/mol. The summed E-state index contributed by atoms with van der Waals surface area (Å²) >= 11 is 0. The van der Waals surface area contributed by atoms with Crippen LogP contribution in [0.25, 0.3) is 22.3 Å². The number of esters is 6. The quantitative estimate of drug-likeness (QED) is 0.0279. The highest BCUT2D eigenvalue weighted by molar-refractivity contribution is 5.94. The molecule has 0 aromatic heterocycles. The molecule has 0 N–H and O–H groups in total. The third-order valence-electron chi connectivity index (χ3n) is 13.0. The second-order valence-electron chi connectivity index (χ2n) is 19.0. The number of ether oxygens (including phenoxy) is 7. The number of aryl methyl sites for hydroxylation is 2. The topological polar surface area (TPSA) is 167 Å². The molecular formula is C59H73FO13. The van der Waals surface area contributed by atoms with E-state index in [4.69, 9.17) is 23.7 Å². The van der Waals surface area contributed by atoms with Gasteiger partial charge in [0.25, 0.3) is 0 Å². The Morgan fingerprint density at radius 2 is 1.15 bits per heavy atom. The first kappa shape index (κ1) is 58.7. The Bertz CT molecular complexity index is 2450. The molecule has 0 unspecified atom stereocenters. The van der Waals surface area contributed by atoms with Gasteiger partial charge in [-0.25, -0.2) is 23.6 Å². The van der Waals surface area contributed by atoms with Crippen LogP contribution in [0.4, 0.5) is 4.39 Å². The van der Waals surface area contributed by atoms with E-state index in [0.29, 0.717) is 42.1 Å². The molecule has 4 rings (SSSR count). The Kier molecular flexibility index (Phi) is 23.3. The fraction of sp³-hybridized carbons (Fsp3) is 0.458. The summed E-state index contributed by atoms with van der Waals surface area (Å²) in [6.07, 6.45) is 10.0. The monoisotopic (exact) mass is 1010 g/mol. The third kappa shape index (κ3) is 18.0. The molecule has 394 valence electrons. The van der Waals surface area contributed by atoms with E-state index in [1.165, 1.54) is 45.4 Å². The first-order chi connectivity index (χ1) is 34.8. The summed E-state index contributed by atoms with van der Waals surface area (Å²) in [5, 5.41) is 0. The largest absolute Gasteiger partial charge is 0.492 e. The second-order valence-corrected chi connectivity index (χ2v) is 19.0. The van der Waals surface area contributed by atoms with E-state index in [2.05, 4.69) is 48.8 Å². The maximum absolute atomic E-state index is 16.0. The van der Waals surface area contributed by atoms with Gasteiger partial charge in [0.05, 0.1) is 33.7 Å². The Labute approximate surface area is 430 Å². The number of unbranched alkanes of at least 4 members (excludes halogenated alkanes) is 2. The van der Waals surface area contributed by atoms with E-state index >= 15 is 4.39 Å². The Hall–Kier alpha value is -6.83. The molecule has 0 spiro atoms. The zero-order valence-corrected chi connectivity index (χ0v) is 43.6. The lowest BCUT2D eigenvalue weighted by atomic mass is 9.77. The molecule has 0 amide bonds. The van der Waals surface area contributed by atoms with Crippen molar-refractivity contribution in [2.24, 2.45) is 11.3 Å². The first-order valence-electron chi connectivity index (χ1n) is 25.0. The SMILES string of the molecule is C=C(C)C(=O)OCCCc1cc(-c2ccc(-c3ccc(C4CCC(CCCCC)CC4)cc3F)cc2CC)ccc1OCC(COC(=O)C(=C)C)(COC(=O)C(=C)CC(=O)OC)COC(=O)C(=C)CC(=O)OC. The minimum atomic E-state index is -1.63. The third-order valence-corrected chi connectivity index (χ3v) is 13.0. The van der Waals surface area contributed by atoms with Crippen LogP contribution in [0.2, 0.25) is 0 Å². The lowest BCUT2D eigenvalue weighted by Crippen LogP contribution is -2.44. The molecule has 0 atom stereocenters. The van der Waals surface area contributed by atoms with Gasteiger partial charge in [0, 0.05) is 27.9 Å². The molecule has 0 saturated heterocycles. The van der Waals surface area contributed by atoms with Crippen molar-refractivity contribution in [1.29, 1.82) is 0 Å². The molecule has 0 aliphatic heterocycles. The van der Waals surface area contributed by atoms with Crippen molar-refractivity contribution in [1.82, 2.24) is 0 Å². The van der Waals surface area contributed by atoms with Crippen molar-refractivity contribution in [2.45, 2.75) is 117 Å². The van der Waals surface area contributed by atoms with Crippen LogP contribution in [0.15, 0.2) is 103 Å². The number of carbonyl (C=O) groups is 6. The zero-order chi connectivity index (χ0) is 53.7. The molecule has 1 aliphatic rings. The summed E-state index contributed by atoms with van der Waals surface area (Å²) in [7, 11) is 2.30. The van der Waals surface area contributed by atoms with Crippen LogP contribution in [-0.2, 0) is 70.0 Å². The Morgan fingerprint density at radius 1 is 0.616 bits per heavy atom. The normalized spacial score (nSPS) is 14.2. The molecule has 0 bridgehead atoms. The summed E-state index contributed by atoms with van der Waals surface area (Å²) in [5.41, 5.74) is 3.91. The van der Waals surface area contributed by atoms with Gasteiger partial charge in [-0.15, -0.1) is 0 Å². The molecule has 13 nitrogen and oxygen atoms in total. The highest BCUT2D eigenvalue weighted by Crippen LogP contribution is 2.40. The van der Waals surface area contributed by atoms with Gasteiger partial charge in [0.2, 0.25) is 0 Å². The first-order valence-corrected chi connectivity index (χ1v) is 25.0. The number of halogens is 1. The molecule has 1 aliphatic carbocycles. The molecule has 1 fully saturated rings. The van der Waals surface area contributed by atoms with Gasteiger partial charge in [0.15, 0.2) is 0 Å². The predicted molar refractivity (Wildman–Crippen MR) is 277 cm³/mol.